The number of aliphatic hydroxyl groups is 1. The molecular formula is C13H16FNO. The molecule has 1 atom stereocenters. The van der Waals surface area contributed by atoms with Crippen molar-refractivity contribution in [3.05, 3.63) is 35.8 Å². The Labute approximate surface area is 94.3 Å². The Morgan fingerprint density at radius 1 is 1.25 bits per heavy atom. The molecule has 0 aliphatic rings. The van der Waals surface area contributed by atoms with Crippen LogP contribution in [-0.4, -0.2) is 9.67 Å². The third kappa shape index (κ3) is 1.71. The van der Waals surface area contributed by atoms with E-state index >= 15 is 0 Å². The van der Waals surface area contributed by atoms with Gasteiger partial charge in [-0.15, -0.1) is 0 Å². The number of hydrogen-bond acceptors (Lipinski definition) is 1. The third-order valence-electron chi connectivity index (χ3n) is 2.83. The zero-order valence-electron chi connectivity index (χ0n) is 9.74. The monoisotopic (exact) mass is 221 g/mol. The molecule has 0 aliphatic carbocycles. The predicted molar refractivity (Wildman–Crippen MR) is 62.9 cm³/mol. The molecule has 0 radical (unpaired) electrons. The smallest absolute Gasteiger partial charge is 0.125 e. The minimum Gasteiger partial charge on any atom is -0.389 e. The maximum absolute atomic E-state index is 13.2. The first-order valence-corrected chi connectivity index (χ1v) is 5.48. The Balaban J connectivity index is 2.76. The fourth-order valence-corrected chi connectivity index (χ4v) is 2.01. The highest BCUT2D eigenvalue weighted by Crippen LogP contribution is 2.29. The van der Waals surface area contributed by atoms with Crippen molar-refractivity contribution in [2.24, 2.45) is 0 Å². The molecule has 2 aromatic rings. The van der Waals surface area contributed by atoms with Crippen LogP contribution in [0.25, 0.3) is 10.9 Å². The zero-order chi connectivity index (χ0) is 11.9. The lowest BCUT2D eigenvalue weighted by molar-refractivity contribution is 0.200. The summed E-state index contributed by atoms with van der Waals surface area (Å²) in [6, 6.07) is 4.92. The largest absolute Gasteiger partial charge is 0.389 e. The van der Waals surface area contributed by atoms with E-state index in [0.29, 0.717) is 0 Å². The summed E-state index contributed by atoms with van der Waals surface area (Å²) in [5.41, 5.74) is 1.69. The van der Waals surface area contributed by atoms with E-state index < -0.39 is 6.10 Å². The molecular weight excluding hydrogens is 205 g/mol. The lowest BCUT2D eigenvalue weighted by atomic mass is 10.1. The van der Waals surface area contributed by atoms with Gasteiger partial charge in [-0.25, -0.2) is 4.39 Å². The minimum absolute atomic E-state index is 0.246. The first-order valence-electron chi connectivity index (χ1n) is 5.48. The highest BCUT2D eigenvalue weighted by atomic mass is 19.1. The van der Waals surface area contributed by atoms with Crippen LogP contribution < -0.4 is 0 Å². The fourth-order valence-electron chi connectivity index (χ4n) is 2.01. The first kappa shape index (κ1) is 11.1. The second-order valence-corrected chi connectivity index (χ2v) is 4.42. The molecule has 1 heterocycles. The van der Waals surface area contributed by atoms with Crippen LogP contribution in [0.1, 0.15) is 38.5 Å². The quantitative estimate of drug-likeness (QED) is 0.826. The van der Waals surface area contributed by atoms with E-state index in [2.05, 4.69) is 0 Å². The second-order valence-electron chi connectivity index (χ2n) is 4.42. The Morgan fingerprint density at radius 3 is 2.50 bits per heavy atom. The van der Waals surface area contributed by atoms with Gasteiger partial charge in [-0.05, 0) is 39.0 Å². The average molecular weight is 221 g/mol. The molecule has 16 heavy (non-hydrogen) atoms. The van der Waals surface area contributed by atoms with Crippen LogP contribution in [0.5, 0.6) is 0 Å². The summed E-state index contributed by atoms with van der Waals surface area (Å²) >= 11 is 0. The molecule has 1 aromatic carbocycles. The van der Waals surface area contributed by atoms with Crippen LogP contribution in [0.15, 0.2) is 24.4 Å². The van der Waals surface area contributed by atoms with E-state index in [9.17, 15) is 9.50 Å². The maximum atomic E-state index is 13.2. The highest BCUT2D eigenvalue weighted by Gasteiger charge is 2.14. The van der Waals surface area contributed by atoms with Gasteiger partial charge in [0.05, 0.1) is 11.6 Å². The summed E-state index contributed by atoms with van der Waals surface area (Å²) in [6.07, 6.45) is 1.37. The normalized spacial score (nSPS) is 13.6. The molecule has 2 nitrogen and oxygen atoms in total. The van der Waals surface area contributed by atoms with Gasteiger partial charge in [-0.2, -0.15) is 0 Å². The van der Waals surface area contributed by atoms with Crippen molar-refractivity contribution < 1.29 is 9.50 Å². The Morgan fingerprint density at radius 2 is 1.94 bits per heavy atom. The summed E-state index contributed by atoms with van der Waals surface area (Å²) in [4.78, 5) is 0. The molecule has 0 spiro atoms. The van der Waals surface area contributed by atoms with E-state index in [0.717, 1.165) is 16.5 Å². The fraction of sp³-hybridized carbons (Fsp3) is 0.385. The summed E-state index contributed by atoms with van der Waals surface area (Å²) < 4.78 is 15.2. The van der Waals surface area contributed by atoms with Crippen LogP contribution in [0.4, 0.5) is 4.39 Å². The molecule has 0 saturated carbocycles. The Kier molecular flexibility index (Phi) is 2.72. The molecule has 0 amide bonds. The lowest BCUT2D eigenvalue weighted by Gasteiger charge is -2.08. The lowest BCUT2D eigenvalue weighted by Crippen LogP contribution is -1.98. The zero-order valence-corrected chi connectivity index (χ0v) is 9.74. The van der Waals surface area contributed by atoms with Crippen LogP contribution in [0, 0.1) is 5.82 Å². The van der Waals surface area contributed by atoms with E-state index in [1.54, 1.807) is 13.0 Å². The van der Waals surface area contributed by atoms with Gasteiger partial charge in [-0.3, -0.25) is 0 Å². The number of aromatic nitrogens is 1. The number of hydrogen-bond donors (Lipinski definition) is 1. The van der Waals surface area contributed by atoms with Crippen LogP contribution in [0.3, 0.4) is 0 Å². The second kappa shape index (κ2) is 3.91. The van der Waals surface area contributed by atoms with Gasteiger partial charge >= 0.3 is 0 Å². The van der Waals surface area contributed by atoms with Crippen molar-refractivity contribution in [3.8, 4) is 0 Å². The Hall–Kier alpha value is -1.35. The number of aliphatic hydroxyl groups excluding tert-OH is 1. The number of fused-ring (bicyclic) bond motifs is 1. The molecule has 1 unspecified atom stereocenters. The summed E-state index contributed by atoms with van der Waals surface area (Å²) in [5.74, 6) is -0.246. The maximum Gasteiger partial charge on any atom is 0.125 e. The highest BCUT2D eigenvalue weighted by molar-refractivity contribution is 5.84. The molecule has 0 aliphatic heterocycles. The van der Waals surface area contributed by atoms with Crippen LogP contribution >= 0.6 is 0 Å². The van der Waals surface area contributed by atoms with Gasteiger partial charge in [0, 0.05) is 23.2 Å². The summed E-state index contributed by atoms with van der Waals surface area (Å²) in [6.45, 7) is 5.80. The molecule has 86 valence electrons. The molecule has 0 fully saturated rings. The van der Waals surface area contributed by atoms with Crippen molar-refractivity contribution in [1.29, 1.82) is 0 Å². The van der Waals surface area contributed by atoms with Gasteiger partial charge in [-0.1, -0.05) is 0 Å². The van der Waals surface area contributed by atoms with E-state index in [4.69, 9.17) is 0 Å². The molecule has 0 saturated heterocycles. The number of benzene rings is 1. The van der Waals surface area contributed by atoms with Crippen molar-refractivity contribution >= 4 is 10.9 Å². The van der Waals surface area contributed by atoms with E-state index in [1.807, 2.05) is 24.6 Å². The number of nitrogens with zero attached hydrogens (tertiary/aromatic N) is 1. The third-order valence-corrected chi connectivity index (χ3v) is 2.83. The molecule has 1 N–H and O–H groups in total. The first-order chi connectivity index (χ1) is 7.50. The van der Waals surface area contributed by atoms with E-state index in [1.165, 1.54) is 12.1 Å². The molecule has 3 heteroatoms. The molecule has 2 rings (SSSR count). The minimum atomic E-state index is -0.534. The average Bonchev–Trinajstić information content (AvgIpc) is 2.56. The standard InChI is InChI=1S/C13H16FNO/c1-8(2)15-7-12(9(3)16)11-5-4-10(14)6-13(11)15/h4-9,16H,1-3H3. The number of rotatable bonds is 2. The van der Waals surface area contributed by atoms with Crippen molar-refractivity contribution in [2.75, 3.05) is 0 Å². The van der Waals surface area contributed by atoms with Gasteiger partial charge in [0.1, 0.15) is 5.82 Å². The number of halogens is 1. The summed E-state index contributed by atoms with van der Waals surface area (Å²) in [7, 11) is 0. The van der Waals surface area contributed by atoms with Crippen LogP contribution in [-0.2, 0) is 0 Å². The van der Waals surface area contributed by atoms with Gasteiger partial charge in [0.2, 0.25) is 0 Å². The van der Waals surface area contributed by atoms with Crippen molar-refractivity contribution in [1.82, 2.24) is 4.57 Å². The topological polar surface area (TPSA) is 25.2 Å². The van der Waals surface area contributed by atoms with E-state index in [-0.39, 0.29) is 11.9 Å². The predicted octanol–water partition coefficient (Wildman–Crippen LogP) is 3.41. The van der Waals surface area contributed by atoms with Crippen molar-refractivity contribution in [2.45, 2.75) is 32.9 Å². The molecule has 0 bridgehead atoms. The van der Waals surface area contributed by atoms with Gasteiger partial charge in [0.25, 0.3) is 0 Å². The summed E-state index contributed by atoms with van der Waals surface area (Å²) in [5, 5.41) is 10.6. The molecule has 1 aromatic heterocycles. The van der Waals surface area contributed by atoms with Gasteiger partial charge in [0.15, 0.2) is 0 Å². The van der Waals surface area contributed by atoms with Gasteiger partial charge < -0.3 is 9.67 Å². The SMILES string of the molecule is CC(O)c1cn(C(C)C)c2cc(F)ccc12. The van der Waals surface area contributed by atoms with Crippen molar-refractivity contribution in [3.63, 3.8) is 0 Å². The van der Waals surface area contributed by atoms with Crippen LogP contribution in [0.2, 0.25) is 0 Å². The Bertz CT molecular complexity index is 514.